The molecule has 1 rings (SSSR count). The van der Waals surface area contributed by atoms with Crippen molar-refractivity contribution in [2.45, 2.75) is 236 Å². The van der Waals surface area contributed by atoms with E-state index < -0.39 is 162 Å². The van der Waals surface area contributed by atoms with Crippen LogP contribution in [-0.2, 0) is 62.3 Å². The normalized spacial score (nSPS) is 26.1. The van der Waals surface area contributed by atoms with Gasteiger partial charge < -0.3 is 65.4 Å². The van der Waals surface area contributed by atoms with E-state index in [1.54, 1.807) is 48.5 Å². The van der Waals surface area contributed by atoms with E-state index in [9.17, 15) is 48.3 Å². The van der Waals surface area contributed by atoms with E-state index in [-0.39, 0.29) is 81.6 Å². The number of ether oxygens (including phenoxy) is 1. The van der Waals surface area contributed by atoms with Crippen LogP contribution in [0.15, 0.2) is 0 Å². The predicted octanol–water partition coefficient (Wildman–Crippen LogP) is 3.04. The van der Waals surface area contributed by atoms with Crippen LogP contribution in [0, 0.1) is 41.4 Å². The summed E-state index contributed by atoms with van der Waals surface area (Å²) < 4.78 is 5.10. The fourth-order valence-electron chi connectivity index (χ4n) is 11.2. The lowest BCUT2D eigenvalue weighted by Crippen LogP contribution is -2.63. The first-order chi connectivity index (χ1) is 41.1. The van der Waals surface area contributed by atoms with Gasteiger partial charge in [-0.25, -0.2) is 0 Å². The number of carbonyl (C=O) groups excluding carboxylic acids is 12. The molecule has 510 valence electrons. The van der Waals surface area contributed by atoms with Crippen molar-refractivity contribution in [2.24, 2.45) is 41.4 Å². The maximum atomic E-state index is 15.2. The average Bonchev–Trinajstić information content (AvgIpc) is 0.954. The summed E-state index contributed by atoms with van der Waals surface area (Å²) in [6, 6.07) is -12.7. The first-order valence-electron chi connectivity index (χ1n) is 32.0. The van der Waals surface area contributed by atoms with Gasteiger partial charge in [0.15, 0.2) is 0 Å². The van der Waals surface area contributed by atoms with Gasteiger partial charge in [0.1, 0.15) is 60.4 Å². The Balaban J connectivity index is 4.35. The zero-order chi connectivity index (χ0) is 69.0. The van der Waals surface area contributed by atoms with Gasteiger partial charge in [0.05, 0.1) is 19.3 Å². The summed E-state index contributed by atoms with van der Waals surface area (Å²) in [4.78, 5) is 181. The Morgan fingerprint density at radius 3 is 1.37 bits per heavy atom. The third kappa shape index (κ3) is 23.4. The van der Waals surface area contributed by atoms with Crippen LogP contribution in [0.25, 0.3) is 0 Å². The molecule has 1 saturated heterocycles. The minimum atomic E-state index is -1.70. The molecule has 0 radical (unpaired) electrons. The molecule has 12 atom stereocenters. The van der Waals surface area contributed by atoms with Crippen molar-refractivity contribution < 1.29 is 67.4 Å². The molecule has 0 aliphatic carbocycles. The molecule has 1 fully saturated rings. The lowest BCUT2D eigenvalue weighted by atomic mass is 9.90. The molecule has 5 N–H and O–H groups in total. The fourth-order valence-corrected chi connectivity index (χ4v) is 11.2. The monoisotopic (exact) mass is 1260 g/mol. The van der Waals surface area contributed by atoms with E-state index in [1.807, 2.05) is 55.4 Å². The van der Waals surface area contributed by atoms with Gasteiger partial charge in [-0.1, -0.05) is 96.9 Å². The van der Waals surface area contributed by atoms with Gasteiger partial charge >= 0.3 is 5.97 Å². The van der Waals surface area contributed by atoms with Gasteiger partial charge in [-0.05, 0) is 107 Å². The summed E-state index contributed by atoms with van der Waals surface area (Å²) in [5, 5.41) is 23.2. The van der Waals surface area contributed by atoms with E-state index in [0.29, 0.717) is 0 Å². The molecule has 1 aliphatic heterocycles. The Morgan fingerprint density at radius 1 is 0.483 bits per heavy atom. The third-order valence-electron chi connectivity index (χ3n) is 16.7. The summed E-state index contributed by atoms with van der Waals surface area (Å²) >= 11 is 0. The number of nitrogens with zero attached hydrogens (tertiary/aromatic N) is 7. The summed E-state index contributed by atoms with van der Waals surface area (Å²) in [5.74, 6) is -10.7. The highest BCUT2D eigenvalue weighted by atomic mass is 16.5. The SMILES string of the molecule is CCOC(=O)CCC[C@@H](C)[C@@H](O)[C@H]1C(=O)N[C@@H](CC)C(=O)N(C)CC(=O)N(C)[C@@H](CC(C)C)C(=O)N[C@@H](C(C)C)C(=O)N(C)[C@H](CC(C)C)C(=O)N[C@@H](C)C(=O)N[C@H](C)C(=O)N(C)[C@@H](CC(C)C)C(=O)N(C)[C@H](CC(C)C)C(=O)N(C)[C@@H](C(C)C)C(=O)N1C. The zero-order valence-corrected chi connectivity index (χ0v) is 58.3. The number of amides is 11. The quantitative estimate of drug-likeness (QED) is 0.123. The molecule has 0 unspecified atom stereocenters. The highest BCUT2D eigenvalue weighted by molar-refractivity contribution is 5.99. The lowest BCUT2D eigenvalue weighted by molar-refractivity contribution is -0.157. The largest absolute Gasteiger partial charge is 0.466 e. The molecular formula is C64H115N11O14. The number of aliphatic hydroxyl groups excluding tert-OH is 1. The average molecular weight is 1260 g/mol. The van der Waals surface area contributed by atoms with Gasteiger partial charge in [-0.2, -0.15) is 0 Å². The second-order valence-electron chi connectivity index (χ2n) is 27.0. The van der Waals surface area contributed by atoms with Crippen LogP contribution >= 0.6 is 0 Å². The van der Waals surface area contributed by atoms with Crippen LogP contribution in [0.2, 0.25) is 0 Å². The van der Waals surface area contributed by atoms with Gasteiger partial charge in [0.2, 0.25) is 65.0 Å². The van der Waals surface area contributed by atoms with Crippen molar-refractivity contribution in [3.8, 4) is 0 Å². The van der Waals surface area contributed by atoms with Crippen molar-refractivity contribution in [1.82, 2.24) is 55.6 Å². The van der Waals surface area contributed by atoms with E-state index in [0.717, 1.165) is 9.80 Å². The summed E-state index contributed by atoms with van der Waals surface area (Å²) in [6.07, 6.45) is -0.616. The lowest BCUT2D eigenvalue weighted by Gasteiger charge is -2.41. The number of hydrogen-bond donors (Lipinski definition) is 5. The molecule has 25 heteroatoms. The molecule has 0 spiro atoms. The standard InChI is InChI=1S/C64H115N11O14/c1-25-44-60(84)69(18)34-49(76)70(19)45(30-35(3)4)57(81)68-51(39(11)12)63(87)71(20)46(31-36(5)6)56(80)65-42(16)55(79)66-43(17)59(83)72(21)47(32-37(7)8)61(85)73(22)48(33-38(9)10)62(86)74(23)52(40(13)14)64(88)75(24)53(58(82)67-44)54(78)41(15)28-27-29-50(77)89-26-2/h35-48,51-54,78H,25-34H2,1-24H3,(H,65,80)(H,66,79)(H,67,82)(H,68,81)/t41-,42+,43-,44+,45+,46-,47+,48-,51+,52+,53+,54-/m1/s1. The molecule has 0 saturated carbocycles. The van der Waals surface area contributed by atoms with Crippen LogP contribution in [0.4, 0.5) is 0 Å². The maximum absolute atomic E-state index is 15.2. The molecule has 25 nitrogen and oxygen atoms in total. The van der Waals surface area contributed by atoms with Crippen molar-refractivity contribution in [3.05, 3.63) is 0 Å². The number of aliphatic hydroxyl groups is 1. The molecule has 89 heavy (non-hydrogen) atoms. The van der Waals surface area contributed by atoms with Gasteiger partial charge in [0.25, 0.3) is 0 Å². The van der Waals surface area contributed by atoms with Crippen LogP contribution in [0.5, 0.6) is 0 Å². The van der Waals surface area contributed by atoms with E-state index in [4.69, 9.17) is 4.74 Å². The second kappa shape index (κ2) is 37.1. The Kier molecular flexibility index (Phi) is 33.6. The van der Waals surface area contributed by atoms with Crippen molar-refractivity contribution in [1.29, 1.82) is 0 Å². The smallest absolute Gasteiger partial charge is 0.305 e. The topological polar surface area (TPSA) is 305 Å². The third-order valence-corrected chi connectivity index (χ3v) is 16.7. The van der Waals surface area contributed by atoms with Crippen LogP contribution in [-0.4, -0.2) is 239 Å². The van der Waals surface area contributed by atoms with Crippen molar-refractivity contribution in [2.75, 3.05) is 62.5 Å². The van der Waals surface area contributed by atoms with Gasteiger partial charge in [-0.15, -0.1) is 0 Å². The Hall–Kier alpha value is -6.40. The minimum Gasteiger partial charge on any atom is -0.466 e. The highest BCUT2D eigenvalue weighted by Crippen LogP contribution is 2.26. The summed E-state index contributed by atoms with van der Waals surface area (Å²) in [7, 11) is 9.78. The molecular weight excluding hydrogens is 1150 g/mol. The number of rotatable bonds is 18. The second-order valence-corrected chi connectivity index (χ2v) is 27.0. The molecule has 0 bridgehead atoms. The summed E-state index contributed by atoms with van der Waals surface area (Å²) in [6.45, 7) is 29.1. The number of nitrogens with one attached hydrogen (secondary N) is 4. The predicted molar refractivity (Wildman–Crippen MR) is 339 cm³/mol. The molecule has 0 aromatic carbocycles. The Labute approximate surface area is 531 Å². The molecule has 11 amide bonds. The minimum absolute atomic E-state index is 0.0141. The van der Waals surface area contributed by atoms with Crippen LogP contribution < -0.4 is 21.3 Å². The van der Waals surface area contributed by atoms with Crippen LogP contribution in [0.3, 0.4) is 0 Å². The van der Waals surface area contributed by atoms with Gasteiger partial charge in [0, 0.05) is 55.8 Å². The summed E-state index contributed by atoms with van der Waals surface area (Å²) in [5.41, 5.74) is 0. The molecule has 1 aliphatic rings. The molecule has 0 aromatic heterocycles. The van der Waals surface area contributed by atoms with Crippen LogP contribution in [0.1, 0.15) is 169 Å². The first kappa shape index (κ1) is 80.6. The maximum Gasteiger partial charge on any atom is 0.305 e. The Morgan fingerprint density at radius 2 is 0.910 bits per heavy atom. The van der Waals surface area contributed by atoms with E-state index >= 15 is 14.4 Å². The number of carbonyl (C=O) groups is 12. The fraction of sp³-hybridized carbons (Fsp3) is 0.812. The number of likely N-dealkylation sites (N-methyl/N-ethyl adjacent to an activating group) is 7. The van der Waals surface area contributed by atoms with E-state index in [1.165, 1.54) is 87.7 Å². The van der Waals surface area contributed by atoms with Crippen molar-refractivity contribution in [3.63, 3.8) is 0 Å². The number of esters is 1. The van der Waals surface area contributed by atoms with Crippen molar-refractivity contribution >= 4 is 70.9 Å². The molecule has 0 aromatic rings. The highest BCUT2D eigenvalue weighted by Gasteiger charge is 2.46. The van der Waals surface area contributed by atoms with E-state index in [2.05, 4.69) is 21.3 Å². The van der Waals surface area contributed by atoms with Gasteiger partial charge in [-0.3, -0.25) is 57.5 Å². The molecule has 1 heterocycles. The Bertz CT molecular complexity index is 2420. The first-order valence-corrected chi connectivity index (χ1v) is 32.0. The zero-order valence-electron chi connectivity index (χ0n) is 58.3. The number of hydrogen-bond acceptors (Lipinski definition) is 14.